The molecule has 0 saturated heterocycles. The van der Waals surface area contributed by atoms with Gasteiger partial charge in [-0.1, -0.05) is 20.8 Å². The van der Waals surface area contributed by atoms with Gasteiger partial charge in [-0.15, -0.1) is 5.10 Å². The molecule has 1 aromatic heterocycles. The average Bonchev–Trinajstić information content (AvgIpc) is 2.71. The van der Waals surface area contributed by atoms with Crippen molar-refractivity contribution in [2.75, 3.05) is 20.3 Å². The summed E-state index contributed by atoms with van der Waals surface area (Å²) < 4.78 is 6.85. The van der Waals surface area contributed by atoms with Gasteiger partial charge in [0.15, 0.2) is 5.82 Å². The maximum Gasteiger partial charge on any atom is 0.165 e. The first-order valence-electron chi connectivity index (χ1n) is 6.04. The van der Waals surface area contributed by atoms with Crippen molar-refractivity contribution < 1.29 is 4.74 Å². The first-order chi connectivity index (χ1) is 8.09. The van der Waals surface area contributed by atoms with Crippen molar-refractivity contribution in [2.24, 2.45) is 5.41 Å². The molecule has 0 aromatic carbocycles. The minimum Gasteiger partial charge on any atom is -0.383 e. The molecular formula is C11H23N5O. The summed E-state index contributed by atoms with van der Waals surface area (Å²) in [5, 5.41) is 15.0. The Hall–Kier alpha value is -1.01. The van der Waals surface area contributed by atoms with Crippen LogP contribution >= 0.6 is 0 Å². The molecular weight excluding hydrogens is 218 g/mol. The molecule has 98 valence electrons. The summed E-state index contributed by atoms with van der Waals surface area (Å²) in [6.07, 6.45) is 1.10. The normalized spacial score (nSPS) is 12.0. The number of hydrogen-bond donors (Lipinski definition) is 1. The highest BCUT2D eigenvalue weighted by molar-refractivity contribution is 4.82. The lowest BCUT2D eigenvalue weighted by Gasteiger charge is -2.22. The molecule has 0 spiro atoms. The van der Waals surface area contributed by atoms with E-state index in [1.807, 2.05) is 4.68 Å². The SMILES string of the molecule is CCC(C)(C)Cn1nnnc1CNCCOC. The van der Waals surface area contributed by atoms with Gasteiger partial charge in [0.05, 0.1) is 13.2 Å². The first kappa shape index (κ1) is 14.1. The standard InChI is InChI=1S/C11H23N5O/c1-5-11(2,3)9-16-10(13-14-15-16)8-12-6-7-17-4/h12H,5-9H2,1-4H3. The maximum atomic E-state index is 4.97. The molecule has 0 saturated carbocycles. The number of nitrogens with zero attached hydrogens (tertiary/aromatic N) is 4. The Bertz CT molecular complexity index is 323. The van der Waals surface area contributed by atoms with Crippen molar-refractivity contribution in [3.63, 3.8) is 0 Å². The van der Waals surface area contributed by atoms with Gasteiger partial charge in [0.2, 0.25) is 0 Å². The largest absolute Gasteiger partial charge is 0.383 e. The van der Waals surface area contributed by atoms with Crippen LogP contribution in [0.1, 0.15) is 33.0 Å². The van der Waals surface area contributed by atoms with Crippen LogP contribution in [0.25, 0.3) is 0 Å². The van der Waals surface area contributed by atoms with Gasteiger partial charge in [-0.2, -0.15) is 0 Å². The topological polar surface area (TPSA) is 64.9 Å². The number of aromatic nitrogens is 4. The van der Waals surface area contributed by atoms with E-state index in [4.69, 9.17) is 4.74 Å². The predicted molar refractivity (Wildman–Crippen MR) is 65.5 cm³/mol. The summed E-state index contributed by atoms with van der Waals surface area (Å²) in [7, 11) is 1.69. The van der Waals surface area contributed by atoms with E-state index in [1.54, 1.807) is 7.11 Å². The molecule has 0 aliphatic carbocycles. The molecule has 6 heteroatoms. The smallest absolute Gasteiger partial charge is 0.165 e. The second-order valence-electron chi connectivity index (χ2n) is 4.94. The second-order valence-corrected chi connectivity index (χ2v) is 4.94. The van der Waals surface area contributed by atoms with Crippen LogP contribution in [0.2, 0.25) is 0 Å². The predicted octanol–water partition coefficient (Wildman–Crippen LogP) is 0.845. The average molecular weight is 241 g/mol. The van der Waals surface area contributed by atoms with Crippen LogP contribution in [0.15, 0.2) is 0 Å². The molecule has 0 aliphatic rings. The summed E-state index contributed by atoms with van der Waals surface area (Å²) in [5.74, 6) is 0.877. The quantitative estimate of drug-likeness (QED) is 0.683. The van der Waals surface area contributed by atoms with Crippen LogP contribution in [-0.2, 0) is 17.8 Å². The molecule has 1 aromatic rings. The fourth-order valence-corrected chi connectivity index (χ4v) is 1.36. The van der Waals surface area contributed by atoms with Crippen LogP contribution in [0.3, 0.4) is 0 Å². The fourth-order valence-electron chi connectivity index (χ4n) is 1.36. The summed E-state index contributed by atoms with van der Waals surface area (Å²) in [5.41, 5.74) is 0.219. The Kier molecular flexibility index (Phi) is 5.50. The first-order valence-corrected chi connectivity index (χ1v) is 6.04. The van der Waals surface area contributed by atoms with Crippen molar-refractivity contribution in [3.8, 4) is 0 Å². The van der Waals surface area contributed by atoms with Gasteiger partial charge in [-0.3, -0.25) is 0 Å². The van der Waals surface area contributed by atoms with E-state index in [0.29, 0.717) is 13.2 Å². The lowest BCUT2D eigenvalue weighted by Crippen LogP contribution is -2.25. The molecule has 17 heavy (non-hydrogen) atoms. The van der Waals surface area contributed by atoms with Crippen molar-refractivity contribution in [1.29, 1.82) is 0 Å². The zero-order valence-corrected chi connectivity index (χ0v) is 11.2. The van der Waals surface area contributed by atoms with Gasteiger partial charge >= 0.3 is 0 Å². The van der Waals surface area contributed by atoms with Gasteiger partial charge in [-0.25, -0.2) is 4.68 Å². The van der Waals surface area contributed by atoms with E-state index >= 15 is 0 Å². The van der Waals surface area contributed by atoms with E-state index in [2.05, 4.69) is 41.6 Å². The Labute approximate surface area is 103 Å². The summed E-state index contributed by atoms with van der Waals surface area (Å²) in [4.78, 5) is 0. The molecule has 1 N–H and O–H groups in total. The number of nitrogens with one attached hydrogen (secondary N) is 1. The number of tetrazole rings is 1. The Morgan fingerprint density at radius 1 is 1.41 bits per heavy atom. The van der Waals surface area contributed by atoms with Gasteiger partial charge in [0.1, 0.15) is 0 Å². The van der Waals surface area contributed by atoms with E-state index < -0.39 is 0 Å². The highest BCUT2D eigenvalue weighted by atomic mass is 16.5. The molecule has 0 amide bonds. The van der Waals surface area contributed by atoms with Crippen molar-refractivity contribution in [3.05, 3.63) is 5.82 Å². The molecule has 0 aliphatic heterocycles. The van der Waals surface area contributed by atoms with E-state index in [1.165, 1.54) is 0 Å². The minimum atomic E-state index is 0.219. The lowest BCUT2D eigenvalue weighted by atomic mass is 9.90. The molecule has 6 nitrogen and oxygen atoms in total. The molecule has 1 heterocycles. The third-order valence-electron chi connectivity index (χ3n) is 2.91. The van der Waals surface area contributed by atoms with Crippen molar-refractivity contribution >= 4 is 0 Å². The Morgan fingerprint density at radius 3 is 2.82 bits per heavy atom. The van der Waals surface area contributed by atoms with Crippen molar-refractivity contribution in [2.45, 2.75) is 40.3 Å². The van der Waals surface area contributed by atoms with Crippen LogP contribution in [-0.4, -0.2) is 40.5 Å². The highest BCUT2D eigenvalue weighted by Crippen LogP contribution is 2.21. The van der Waals surface area contributed by atoms with E-state index in [0.717, 1.165) is 25.3 Å². The highest BCUT2D eigenvalue weighted by Gasteiger charge is 2.18. The maximum absolute atomic E-state index is 4.97. The number of hydrogen-bond acceptors (Lipinski definition) is 5. The summed E-state index contributed by atoms with van der Waals surface area (Å²) in [6.45, 7) is 9.64. The Morgan fingerprint density at radius 2 is 2.18 bits per heavy atom. The minimum absolute atomic E-state index is 0.219. The third kappa shape index (κ3) is 4.79. The number of rotatable bonds is 8. The summed E-state index contributed by atoms with van der Waals surface area (Å²) >= 11 is 0. The molecule has 0 bridgehead atoms. The molecule has 0 radical (unpaired) electrons. The van der Waals surface area contributed by atoms with E-state index in [9.17, 15) is 0 Å². The van der Waals surface area contributed by atoms with Crippen LogP contribution in [0, 0.1) is 5.41 Å². The number of ether oxygens (including phenoxy) is 1. The molecule has 0 atom stereocenters. The fraction of sp³-hybridized carbons (Fsp3) is 0.909. The zero-order chi connectivity index (χ0) is 12.7. The zero-order valence-electron chi connectivity index (χ0n) is 11.2. The monoisotopic (exact) mass is 241 g/mol. The second kappa shape index (κ2) is 6.66. The van der Waals surface area contributed by atoms with Crippen molar-refractivity contribution in [1.82, 2.24) is 25.5 Å². The van der Waals surface area contributed by atoms with Crippen LogP contribution in [0.5, 0.6) is 0 Å². The van der Waals surface area contributed by atoms with Crippen LogP contribution < -0.4 is 5.32 Å². The molecule has 0 unspecified atom stereocenters. The molecule has 0 fully saturated rings. The third-order valence-corrected chi connectivity index (χ3v) is 2.91. The summed E-state index contributed by atoms with van der Waals surface area (Å²) in [6, 6.07) is 0. The van der Waals surface area contributed by atoms with Gasteiger partial charge < -0.3 is 10.1 Å². The van der Waals surface area contributed by atoms with Gasteiger partial charge in [0.25, 0.3) is 0 Å². The van der Waals surface area contributed by atoms with Gasteiger partial charge in [0, 0.05) is 20.2 Å². The lowest BCUT2D eigenvalue weighted by molar-refractivity contribution is 0.198. The Balaban J connectivity index is 2.48. The van der Waals surface area contributed by atoms with Gasteiger partial charge in [-0.05, 0) is 22.3 Å². The van der Waals surface area contributed by atoms with Crippen LogP contribution in [0.4, 0.5) is 0 Å². The molecule has 1 rings (SSSR count). The number of methoxy groups -OCH3 is 1. The van der Waals surface area contributed by atoms with E-state index in [-0.39, 0.29) is 5.41 Å².